The predicted molar refractivity (Wildman–Crippen MR) is 132 cm³/mol. The third-order valence-electron chi connectivity index (χ3n) is 6.08. The molecule has 0 radical (unpaired) electrons. The Balaban J connectivity index is 3.27. The quantitative estimate of drug-likeness (QED) is 0.115. The first-order chi connectivity index (χ1) is 14.7. The fourth-order valence-electron chi connectivity index (χ4n) is 3.95. The molecule has 0 bridgehead atoms. The van der Waals surface area contributed by atoms with Gasteiger partial charge in [-0.1, -0.05) is 110 Å². The molecule has 0 aromatic heterocycles. The minimum atomic E-state index is 0.00555. The van der Waals surface area contributed by atoms with E-state index >= 15 is 0 Å². The molecule has 0 amide bonds. The van der Waals surface area contributed by atoms with E-state index < -0.39 is 0 Å². The molecule has 0 heterocycles. The first-order valence-corrected chi connectivity index (χ1v) is 13.5. The molecule has 0 spiro atoms. The molecule has 3 nitrogen and oxygen atoms in total. The normalized spacial score (nSPS) is 11.3. The molecule has 0 aliphatic rings. The lowest BCUT2D eigenvalue weighted by molar-refractivity contribution is -0.143. The van der Waals surface area contributed by atoms with Crippen LogP contribution in [0.15, 0.2) is 0 Å². The number of ether oxygens (including phenoxy) is 1. The molecule has 0 fully saturated rings. The van der Waals surface area contributed by atoms with Gasteiger partial charge >= 0.3 is 5.97 Å². The van der Waals surface area contributed by atoms with Gasteiger partial charge in [0.15, 0.2) is 0 Å². The van der Waals surface area contributed by atoms with Crippen LogP contribution in [0.5, 0.6) is 0 Å². The number of nitrogens with zero attached hydrogens (tertiary/aromatic N) is 1. The van der Waals surface area contributed by atoms with Crippen LogP contribution in [0.1, 0.15) is 142 Å². The summed E-state index contributed by atoms with van der Waals surface area (Å²) in [6.45, 7) is 7.53. The molecule has 30 heavy (non-hydrogen) atoms. The van der Waals surface area contributed by atoms with Crippen molar-refractivity contribution in [3.05, 3.63) is 0 Å². The van der Waals surface area contributed by atoms with Crippen molar-refractivity contribution in [1.29, 1.82) is 0 Å². The second-order valence-corrected chi connectivity index (χ2v) is 9.28. The number of esters is 1. The SMILES string of the molecule is CCCCCCCCCCCOC(=O)CCCCCN(C)CCCCCCCCC. The van der Waals surface area contributed by atoms with Crippen molar-refractivity contribution in [1.82, 2.24) is 4.90 Å². The summed E-state index contributed by atoms with van der Waals surface area (Å²) in [5.74, 6) is 0.00555. The van der Waals surface area contributed by atoms with E-state index in [4.69, 9.17) is 4.74 Å². The number of carbonyl (C=O) groups is 1. The Morgan fingerprint density at radius 3 is 1.47 bits per heavy atom. The molecule has 0 unspecified atom stereocenters. The lowest BCUT2D eigenvalue weighted by atomic mass is 10.1. The number of rotatable bonds is 24. The van der Waals surface area contributed by atoms with Gasteiger partial charge in [-0.3, -0.25) is 4.79 Å². The summed E-state index contributed by atoms with van der Waals surface area (Å²) in [7, 11) is 2.23. The van der Waals surface area contributed by atoms with E-state index in [0.717, 1.165) is 25.8 Å². The van der Waals surface area contributed by atoms with E-state index in [0.29, 0.717) is 13.0 Å². The third kappa shape index (κ3) is 23.7. The Morgan fingerprint density at radius 1 is 0.567 bits per heavy atom. The molecule has 0 rings (SSSR count). The van der Waals surface area contributed by atoms with Crippen LogP contribution in [-0.4, -0.2) is 37.6 Å². The van der Waals surface area contributed by atoms with Crippen LogP contribution in [0.25, 0.3) is 0 Å². The lowest BCUT2D eigenvalue weighted by Crippen LogP contribution is -2.20. The highest BCUT2D eigenvalue weighted by molar-refractivity contribution is 5.69. The minimum absolute atomic E-state index is 0.00555. The van der Waals surface area contributed by atoms with E-state index in [1.54, 1.807) is 0 Å². The lowest BCUT2D eigenvalue weighted by Gasteiger charge is -2.16. The molecule has 3 heteroatoms. The van der Waals surface area contributed by atoms with Gasteiger partial charge in [-0.25, -0.2) is 0 Å². The molecule has 0 saturated heterocycles. The van der Waals surface area contributed by atoms with Gasteiger partial charge in [0.1, 0.15) is 0 Å². The predicted octanol–water partition coefficient (Wildman–Crippen LogP) is 8.30. The van der Waals surface area contributed by atoms with Gasteiger partial charge in [-0.05, 0) is 45.8 Å². The standard InChI is InChI=1S/C27H55NO2/c1-4-6-8-10-12-13-15-17-22-26-30-27(29)23-19-18-21-25-28(3)24-20-16-14-11-9-7-5-2/h4-26H2,1-3H3. The van der Waals surface area contributed by atoms with Crippen LogP contribution in [0.3, 0.4) is 0 Å². The molecular weight excluding hydrogens is 370 g/mol. The number of hydrogen-bond acceptors (Lipinski definition) is 3. The van der Waals surface area contributed by atoms with Gasteiger partial charge in [0.2, 0.25) is 0 Å². The molecule has 0 aromatic rings. The molecule has 0 aromatic carbocycles. The smallest absolute Gasteiger partial charge is 0.305 e. The summed E-state index contributed by atoms with van der Waals surface area (Å²) >= 11 is 0. The monoisotopic (exact) mass is 425 g/mol. The molecule has 0 aliphatic carbocycles. The second-order valence-electron chi connectivity index (χ2n) is 9.28. The number of carbonyl (C=O) groups excluding carboxylic acids is 1. The van der Waals surface area contributed by atoms with Gasteiger partial charge in [-0.2, -0.15) is 0 Å². The van der Waals surface area contributed by atoms with Crippen LogP contribution in [-0.2, 0) is 9.53 Å². The highest BCUT2D eigenvalue weighted by Gasteiger charge is 2.04. The maximum Gasteiger partial charge on any atom is 0.305 e. The average molecular weight is 426 g/mol. The van der Waals surface area contributed by atoms with Crippen LogP contribution in [0.2, 0.25) is 0 Å². The minimum Gasteiger partial charge on any atom is -0.466 e. The van der Waals surface area contributed by atoms with Crippen LogP contribution >= 0.6 is 0 Å². The summed E-state index contributed by atoms with van der Waals surface area (Å²) in [6.07, 6.45) is 25.3. The van der Waals surface area contributed by atoms with Crippen LogP contribution in [0.4, 0.5) is 0 Å². The van der Waals surface area contributed by atoms with Gasteiger partial charge in [0, 0.05) is 6.42 Å². The summed E-state index contributed by atoms with van der Waals surface area (Å²) in [5, 5.41) is 0. The Morgan fingerprint density at radius 2 is 0.967 bits per heavy atom. The van der Waals surface area contributed by atoms with Gasteiger partial charge in [0.05, 0.1) is 6.61 Å². The zero-order valence-corrected chi connectivity index (χ0v) is 21.0. The van der Waals surface area contributed by atoms with Crippen molar-refractivity contribution < 1.29 is 9.53 Å². The summed E-state index contributed by atoms with van der Waals surface area (Å²) in [6, 6.07) is 0. The van der Waals surface area contributed by atoms with E-state index in [-0.39, 0.29) is 5.97 Å². The maximum atomic E-state index is 11.8. The largest absolute Gasteiger partial charge is 0.466 e. The Labute approximate surface area is 189 Å². The first-order valence-electron chi connectivity index (χ1n) is 13.5. The van der Waals surface area contributed by atoms with Crippen molar-refractivity contribution in [3.63, 3.8) is 0 Å². The first kappa shape index (κ1) is 29.4. The third-order valence-corrected chi connectivity index (χ3v) is 6.08. The van der Waals surface area contributed by atoms with Crippen molar-refractivity contribution in [2.45, 2.75) is 142 Å². The van der Waals surface area contributed by atoms with E-state index in [1.807, 2.05) is 0 Å². The molecule has 0 atom stereocenters. The van der Waals surface area contributed by atoms with Crippen LogP contribution < -0.4 is 0 Å². The molecular formula is C27H55NO2. The van der Waals surface area contributed by atoms with Crippen molar-refractivity contribution in [2.24, 2.45) is 0 Å². The topological polar surface area (TPSA) is 29.5 Å². The van der Waals surface area contributed by atoms with Gasteiger partial charge in [-0.15, -0.1) is 0 Å². The van der Waals surface area contributed by atoms with E-state index in [9.17, 15) is 4.79 Å². The summed E-state index contributed by atoms with van der Waals surface area (Å²) in [4.78, 5) is 14.3. The molecule has 0 saturated carbocycles. The zero-order valence-electron chi connectivity index (χ0n) is 21.0. The van der Waals surface area contributed by atoms with Crippen molar-refractivity contribution >= 4 is 5.97 Å². The second kappa shape index (κ2) is 24.7. The van der Waals surface area contributed by atoms with Crippen LogP contribution in [0, 0.1) is 0 Å². The maximum absolute atomic E-state index is 11.8. The van der Waals surface area contributed by atoms with Gasteiger partial charge < -0.3 is 9.64 Å². The fourth-order valence-corrected chi connectivity index (χ4v) is 3.95. The molecule has 180 valence electrons. The van der Waals surface area contributed by atoms with E-state index in [1.165, 1.54) is 109 Å². The molecule has 0 N–H and O–H groups in total. The zero-order chi connectivity index (χ0) is 22.1. The summed E-state index contributed by atoms with van der Waals surface area (Å²) in [5.41, 5.74) is 0. The Hall–Kier alpha value is -0.570. The summed E-state index contributed by atoms with van der Waals surface area (Å²) < 4.78 is 5.38. The highest BCUT2D eigenvalue weighted by Crippen LogP contribution is 2.10. The fraction of sp³-hybridized carbons (Fsp3) is 0.963. The molecule has 0 aliphatic heterocycles. The Kier molecular flexibility index (Phi) is 24.2. The highest BCUT2D eigenvalue weighted by atomic mass is 16.5. The van der Waals surface area contributed by atoms with Crippen molar-refractivity contribution in [2.75, 3.05) is 26.7 Å². The van der Waals surface area contributed by atoms with E-state index in [2.05, 4.69) is 25.8 Å². The number of hydrogen-bond donors (Lipinski definition) is 0. The van der Waals surface area contributed by atoms with Gasteiger partial charge in [0.25, 0.3) is 0 Å². The Bertz CT molecular complexity index is 346. The average Bonchev–Trinajstić information content (AvgIpc) is 2.74. The van der Waals surface area contributed by atoms with Crippen molar-refractivity contribution in [3.8, 4) is 0 Å². The number of unbranched alkanes of at least 4 members (excludes halogenated alkanes) is 16.